The molecule has 0 amide bonds. The number of hydrogen-bond acceptors (Lipinski definition) is 5. The number of tetrazole rings is 1. The maximum absolute atomic E-state index is 5.80. The number of hydrogen-bond donors (Lipinski definition) is 1. The summed E-state index contributed by atoms with van der Waals surface area (Å²) < 4.78 is 1.75. The highest BCUT2D eigenvalue weighted by atomic mass is 32.2. The summed E-state index contributed by atoms with van der Waals surface area (Å²) >= 11 is 1.65. The van der Waals surface area contributed by atoms with Crippen LogP contribution < -0.4 is 5.73 Å². The van der Waals surface area contributed by atoms with Gasteiger partial charge in [-0.15, -0.1) is 5.10 Å². The standard InChI is InChI=1S/C12H17N5S/c1-9(13)8-10(2)18-12-14-15-16-17(12)11-6-4-3-5-7-11/h3-7,9-10H,8,13H2,1-2H3. The van der Waals surface area contributed by atoms with Crippen LogP contribution in [0.15, 0.2) is 35.5 Å². The Morgan fingerprint density at radius 3 is 2.67 bits per heavy atom. The summed E-state index contributed by atoms with van der Waals surface area (Å²) in [6.07, 6.45) is 0.937. The van der Waals surface area contributed by atoms with Crippen LogP contribution in [0.3, 0.4) is 0 Å². The monoisotopic (exact) mass is 263 g/mol. The van der Waals surface area contributed by atoms with Gasteiger partial charge < -0.3 is 5.73 Å². The highest BCUT2D eigenvalue weighted by Crippen LogP contribution is 2.24. The van der Waals surface area contributed by atoms with Crippen molar-refractivity contribution in [3.8, 4) is 5.69 Å². The third-order valence-corrected chi connectivity index (χ3v) is 3.51. The van der Waals surface area contributed by atoms with Crippen molar-refractivity contribution in [2.75, 3.05) is 0 Å². The molecule has 1 aromatic carbocycles. The summed E-state index contributed by atoms with van der Waals surface area (Å²) in [6, 6.07) is 10.1. The molecule has 0 saturated heterocycles. The molecule has 1 aromatic heterocycles. The Kier molecular flexibility index (Phi) is 4.33. The number of para-hydroxylation sites is 1. The van der Waals surface area contributed by atoms with Crippen molar-refractivity contribution in [2.24, 2.45) is 5.73 Å². The van der Waals surface area contributed by atoms with Gasteiger partial charge in [-0.05, 0) is 35.9 Å². The highest BCUT2D eigenvalue weighted by molar-refractivity contribution is 7.99. The van der Waals surface area contributed by atoms with E-state index in [2.05, 4.69) is 22.4 Å². The molecule has 2 atom stereocenters. The van der Waals surface area contributed by atoms with Crippen LogP contribution in [-0.4, -0.2) is 31.5 Å². The molecule has 0 saturated carbocycles. The topological polar surface area (TPSA) is 69.6 Å². The molecule has 18 heavy (non-hydrogen) atoms. The van der Waals surface area contributed by atoms with Crippen LogP contribution in [-0.2, 0) is 0 Å². The lowest BCUT2D eigenvalue weighted by atomic mass is 10.2. The quantitative estimate of drug-likeness (QED) is 0.834. The number of nitrogens with two attached hydrogens (primary N) is 1. The highest BCUT2D eigenvalue weighted by Gasteiger charge is 2.14. The van der Waals surface area contributed by atoms with Crippen LogP contribution in [0.5, 0.6) is 0 Å². The molecule has 0 radical (unpaired) electrons. The maximum Gasteiger partial charge on any atom is 0.214 e. The first-order chi connectivity index (χ1) is 8.66. The summed E-state index contributed by atoms with van der Waals surface area (Å²) in [6.45, 7) is 4.15. The lowest BCUT2D eigenvalue weighted by Gasteiger charge is -2.12. The van der Waals surface area contributed by atoms with E-state index in [1.807, 2.05) is 37.3 Å². The van der Waals surface area contributed by atoms with Gasteiger partial charge in [-0.1, -0.05) is 36.9 Å². The molecule has 0 aliphatic heterocycles. The van der Waals surface area contributed by atoms with Crippen molar-refractivity contribution < 1.29 is 0 Å². The van der Waals surface area contributed by atoms with E-state index < -0.39 is 0 Å². The smallest absolute Gasteiger partial charge is 0.214 e. The Balaban J connectivity index is 2.14. The van der Waals surface area contributed by atoms with E-state index in [-0.39, 0.29) is 6.04 Å². The zero-order valence-corrected chi connectivity index (χ0v) is 11.3. The predicted molar refractivity (Wildman–Crippen MR) is 72.7 cm³/mol. The van der Waals surface area contributed by atoms with E-state index in [9.17, 15) is 0 Å². The van der Waals surface area contributed by atoms with E-state index in [1.54, 1.807) is 16.4 Å². The summed E-state index contributed by atoms with van der Waals surface area (Å²) in [5, 5.41) is 13.0. The fraction of sp³-hybridized carbons (Fsp3) is 0.417. The third kappa shape index (κ3) is 3.30. The SMILES string of the molecule is CC(N)CC(C)Sc1nnnn1-c1ccccc1. The van der Waals surface area contributed by atoms with Crippen molar-refractivity contribution >= 4 is 11.8 Å². The van der Waals surface area contributed by atoms with Gasteiger partial charge in [0.25, 0.3) is 0 Å². The van der Waals surface area contributed by atoms with Crippen LogP contribution in [0.4, 0.5) is 0 Å². The van der Waals surface area contributed by atoms with Crippen LogP contribution in [0.1, 0.15) is 20.3 Å². The van der Waals surface area contributed by atoms with Gasteiger partial charge >= 0.3 is 0 Å². The van der Waals surface area contributed by atoms with Gasteiger partial charge in [0.05, 0.1) is 5.69 Å². The first-order valence-corrected chi connectivity index (χ1v) is 6.81. The van der Waals surface area contributed by atoms with Gasteiger partial charge in [0.15, 0.2) is 0 Å². The predicted octanol–water partition coefficient (Wildman–Crippen LogP) is 1.88. The minimum atomic E-state index is 0.188. The minimum absolute atomic E-state index is 0.188. The number of nitrogens with zero attached hydrogens (tertiary/aromatic N) is 4. The lowest BCUT2D eigenvalue weighted by molar-refractivity contribution is 0.659. The summed E-state index contributed by atoms with van der Waals surface area (Å²) in [4.78, 5) is 0. The van der Waals surface area contributed by atoms with Gasteiger partial charge in [-0.2, -0.15) is 4.68 Å². The fourth-order valence-electron chi connectivity index (χ4n) is 1.74. The number of thioether (sulfide) groups is 1. The molecule has 0 spiro atoms. The van der Waals surface area contributed by atoms with Crippen molar-refractivity contribution in [1.29, 1.82) is 0 Å². The molecule has 6 heteroatoms. The van der Waals surface area contributed by atoms with E-state index in [4.69, 9.17) is 5.73 Å². The first-order valence-electron chi connectivity index (χ1n) is 5.93. The van der Waals surface area contributed by atoms with Gasteiger partial charge in [0.2, 0.25) is 5.16 Å². The summed E-state index contributed by atoms with van der Waals surface area (Å²) in [5.41, 5.74) is 6.77. The minimum Gasteiger partial charge on any atom is -0.328 e. The van der Waals surface area contributed by atoms with E-state index in [0.29, 0.717) is 5.25 Å². The van der Waals surface area contributed by atoms with E-state index in [0.717, 1.165) is 17.3 Å². The average Bonchev–Trinajstić information content (AvgIpc) is 2.77. The van der Waals surface area contributed by atoms with Gasteiger partial charge in [-0.3, -0.25) is 0 Å². The van der Waals surface area contributed by atoms with Crippen molar-refractivity contribution in [2.45, 2.75) is 36.7 Å². The number of rotatable bonds is 5. The molecule has 0 bridgehead atoms. The molecular formula is C12H17N5S. The molecule has 2 N–H and O–H groups in total. The normalized spacial score (nSPS) is 14.4. The Bertz CT molecular complexity index is 482. The van der Waals surface area contributed by atoms with Crippen molar-refractivity contribution in [3.05, 3.63) is 30.3 Å². The Morgan fingerprint density at radius 2 is 2.00 bits per heavy atom. The lowest BCUT2D eigenvalue weighted by Crippen LogP contribution is -2.19. The molecule has 2 aromatic rings. The van der Waals surface area contributed by atoms with E-state index in [1.165, 1.54) is 0 Å². The molecule has 2 rings (SSSR count). The molecular weight excluding hydrogens is 246 g/mol. The number of benzene rings is 1. The van der Waals surface area contributed by atoms with Crippen LogP contribution in [0, 0.1) is 0 Å². The average molecular weight is 263 g/mol. The maximum atomic E-state index is 5.80. The number of aromatic nitrogens is 4. The van der Waals surface area contributed by atoms with Crippen LogP contribution >= 0.6 is 11.8 Å². The second-order valence-electron chi connectivity index (χ2n) is 4.35. The van der Waals surface area contributed by atoms with E-state index >= 15 is 0 Å². The summed E-state index contributed by atoms with van der Waals surface area (Å²) in [7, 11) is 0. The summed E-state index contributed by atoms with van der Waals surface area (Å²) in [5.74, 6) is 0. The van der Waals surface area contributed by atoms with Crippen molar-refractivity contribution in [1.82, 2.24) is 20.2 Å². The zero-order chi connectivity index (χ0) is 13.0. The molecule has 0 aliphatic rings. The second-order valence-corrected chi connectivity index (χ2v) is 5.76. The fourth-order valence-corrected chi connectivity index (χ4v) is 2.82. The molecule has 96 valence electrons. The molecule has 0 aliphatic carbocycles. The van der Waals surface area contributed by atoms with Crippen LogP contribution in [0.25, 0.3) is 5.69 Å². The second kappa shape index (κ2) is 5.97. The van der Waals surface area contributed by atoms with Gasteiger partial charge in [0, 0.05) is 11.3 Å². The molecule has 0 fully saturated rings. The molecule has 2 unspecified atom stereocenters. The largest absolute Gasteiger partial charge is 0.328 e. The van der Waals surface area contributed by atoms with Gasteiger partial charge in [0.1, 0.15) is 0 Å². The molecule has 1 heterocycles. The third-order valence-electron chi connectivity index (χ3n) is 2.45. The van der Waals surface area contributed by atoms with Gasteiger partial charge in [-0.25, -0.2) is 0 Å². The zero-order valence-electron chi connectivity index (χ0n) is 10.5. The Morgan fingerprint density at radius 1 is 1.28 bits per heavy atom. The van der Waals surface area contributed by atoms with Crippen LogP contribution in [0.2, 0.25) is 0 Å². The molecule has 5 nitrogen and oxygen atoms in total. The van der Waals surface area contributed by atoms with Crippen molar-refractivity contribution in [3.63, 3.8) is 0 Å². The Hall–Kier alpha value is -1.40. The first kappa shape index (κ1) is 13.0. The Labute approximate surface area is 111 Å².